The lowest BCUT2D eigenvalue weighted by Crippen LogP contribution is -2.46. The highest BCUT2D eigenvalue weighted by Gasteiger charge is 2.36. The summed E-state index contributed by atoms with van der Waals surface area (Å²) in [5.41, 5.74) is 11.7. The molecule has 1 aromatic carbocycles. The van der Waals surface area contributed by atoms with E-state index in [1.54, 1.807) is 11.9 Å². The van der Waals surface area contributed by atoms with Gasteiger partial charge in [-0.15, -0.1) is 0 Å². The summed E-state index contributed by atoms with van der Waals surface area (Å²) in [6.45, 7) is 4.86. The SMILES string of the molecule is C=C(C(=O)N[C@H](C=O)CCCN=C(N)N)[C@@H]1CCCN1C(=O)[C@H](NC)c1ccccc1. The van der Waals surface area contributed by atoms with Crippen LogP contribution in [0.1, 0.15) is 37.3 Å². The van der Waals surface area contributed by atoms with Gasteiger partial charge in [0.1, 0.15) is 12.3 Å². The van der Waals surface area contributed by atoms with Crippen molar-refractivity contribution >= 4 is 24.1 Å². The van der Waals surface area contributed by atoms with Crippen LogP contribution in [0.2, 0.25) is 0 Å². The van der Waals surface area contributed by atoms with Gasteiger partial charge in [0, 0.05) is 18.7 Å². The minimum atomic E-state index is -0.668. The zero-order valence-corrected chi connectivity index (χ0v) is 17.9. The Bertz CT molecular complexity index is 807. The van der Waals surface area contributed by atoms with Gasteiger partial charge in [0.05, 0.1) is 12.1 Å². The van der Waals surface area contributed by atoms with Gasteiger partial charge in [0.25, 0.3) is 0 Å². The number of rotatable bonds is 11. The average molecular weight is 429 g/mol. The van der Waals surface area contributed by atoms with Crippen LogP contribution in [0.3, 0.4) is 0 Å². The summed E-state index contributed by atoms with van der Waals surface area (Å²) in [6, 6.07) is 7.87. The van der Waals surface area contributed by atoms with Crippen LogP contribution in [-0.2, 0) is 14.4 Å². The molecule has 0 spiro atoms. The quantitative estimate of drug-likeness (QED) is 0.131. The fraction of sp³-hybridized carbons (Fsp3) is 0.455. The summed E-state index contributed by atoms with van der Waals surface area (Å²) in [5, 5.41) is 5.76. The first-order valence-electron chi connectivity index (χ1n) is 10.4. The van der Waals surface area contributed by atoms with E-state index in [2.05, 4.69) is 22.2 Å². The largest absolute Gasteiger partial charge is 0.370 e. The van der Waals surface area contributed by atoms with Crippen LogP contribution in [0.15, 0.2) is 47.5 Å². The Morgan fingerprint density at radius 2 is 2.03 bits per heavy atom. The third-order valence-corrected chi connectivity index (χ3v) is 5.35. The number of hydrogen-bond acceptors (Lipinski definition) is 5. The lowest BCUT2D eigenvalue weighted by Gasteiger charge is -2.30. The molecule has 9 nitrogen and oxygen atoms in total. The molecule has 3 atom stereocenters. The minimum absolute atomic E-state index is 0.0126. The number of amides is 2. The maximum absolute atomic E-state index is 13.2. The molecule has 0 aliphatic carbocycles. The van der Waals surface area contributed by atoms with Crippen molar-refractivity contribution in [1.82, 2.24) is 15.5 Å². The Labute approximate surface area is 182 Å². The summed E-state index contributed by atoms with van der Waals surface area (Å²) in [5.74, 6) is -0.542. The van der Waals surface area contributed by atoms with Crippen molar-refractivity contribution in [2.75, 3.05) is 20.1 Å². The highest BCUT2D eigenvalue weighted by Crippen LogP contribution is 2.27. The molecular weight excluding hydrogens is 396 g/mol. The number of carbonyl (C=O) groups excluding carboxylic acids is 3. The fourth-order valence-corrected chi connectivity index (χ4v) is 3.74. The molecule has 6 N–H and O–H groups in total. The topological polar surface area (TPSA) is 143 Å². The standard InChI is InChI=1S/C22H32N6O3/c1-15(20(30)27-17(14-29)10-6-12-26-22(23)24)18-11-7-13-28(18)21(31)19(25-2)16-8-4-3-5-9-16/h3-5,8-9,14,17-19,25H,1,6-7,10-13H2,2H3,(H,27,30)(H4,23,24,26)/t17-,18-,19+/m0/s1. The Morgan fingerprint density at radius 1 is 1.32 bits per heavy atom. The van der Waals surface area contributed by atoms with Crippen molar-refractivity contribution in [2.24, 2.45) is 16.5 Å². The highest BCUT2D eigenvalue weighted by atomic mass is 16.2. The third kappa shape index (κ3) is 6.65. The minimum Gasteiger partial charge on any atom is -0.370 e. The van der Waals surface area contributed by atoms with E-state index >= 15 is 0 Å². The first-order valence-corrected chi connectivity index (χ1v) is 10.4. The van der Waals surface area contributed by atoms with Gasteiger partial charge in [-0.1, -0.05) is 36.9 Å². The Morgan fingerprint density at radius 3 is 2.65 bits per heavy atom. The normalized spacial score (nSPS) is 17.5. The molecule has 1 saturated heterocycles. The van der Waals surface area contributed by atoms with Crippen LogP contribution >= 0.6 is 0 Å². The van der Waals surface area contributed by atoms with E-state index in [0.717, 1.165) is 12.0 Å². The van der Waals surface area contributed by atoms with E-state index < -0.39 is 24.0 Å². The van der Waals surface area contributed by atoms with Crippen molar-refractivity contribution < 1.29 is 14.4 Å². The molecule has 0 aromatic heterocycles. The zero-order chi connectivity index (χ0) is 22.8. The Hall–Kier alpha value is -3.20. The summed E-state index contributed by atoms with van der Waals surface area (Å²) in [6.07, 6.45) is 3.07. The third-order valence-electron chi connectivity index (χ3n) is 5.35. The molecule has 168 valence electrons. The van der Waals surface area contributed by atoms with Gasteiger partial charge in [0.2, 0.25) is 11.8 Å². The van der Waals surface area contributed by atoms with Crippen LogP contribution in [0.5, 0.6) is 0 Å². The summed E-state index contributed by atoms with van der Waals surface area (Å²) in [4.78, 5) is 42.9. The van der Waals surface area contributed by atoms with Gasteiger partial charge >= 0.3 is 0 Å². The highest BCUT2D eigenvalue weighted by molar-refractivity contribution is 5.96. The zero-order valence-electron chi connectivity index (χ0n) is 17.9. The average Bonchev–Trinajstić information content (AvgIpc) is 3.26. The summed E-state index contributed by atoms with van der Waals surface area (Å²) < 4.78 is 0. The molecule has 9 heteroatoms. The van der Waals surface area contributed by atoms with Crippen LogP contribution in [0, 0.1) is 0 Å². The summed E-state index contributed by atoms with van der Waals surface area (Å²) in [7, 11) is 1.74. The van der Waals surface area contributed by atoms with Gasteiger partial charge in [-0.25, -0.2) is 0 Å². The molecule has 1 fully saturated rings. The van der Waals surface area contributed by atoms with Gasteiger partial charge in [-0.2, -0.15) is 0 Å². The van der Waals surface area contributed by atoms with Gasteiger partial charge < -0.3 is 31.8 Å². The molecule has 31 heavy (non-hydrogen) atoms. The van der Waals surface area contributed by atoms with Crippen molar-refractivity contribution in [2.45, 2.75) is 43.8 Å². The number of likely N-dealkylation sites (tertiary alicyclic amines) is 1. The monoisotopic (exact) mass is 428 g/mol. The number of hydrogen-bond donors (Lipinski definition) is 4. The van der Waals surface area contributed by atoms with E-state index in [4.69, 9.17) is 11.5 Å². The molecule has 0 saturated carbocycles. The van der Waals surface area contributed by atoms with Gasteiger partial charge in [-0.05, 0) is 38.3 Å². The number of carbonyl (C=O) groups is 3. The van der Waals surface area contributed by atoms with Crippen molar-refractivity contribution in [1.29, 1.82) is 0 Å². The van der Waals surface area contributed by atoms with Crippen LogP contribution in [-0.4, -0.2) is 61.2 Å². The molecule has 2 amide bonds. The maximum Gasteiger partial charge on any atom is 0.249 e. The summed E-state index contributed by atoms with van der Waals surface area (Å²) >= 11 is 0. The molecule has 1 heterocycles. The molecule has 0 radical (unpaired) electrons. The second kappa shape index (κ2) is 11.8. The van der Waals surface area contributed by atoms with E-state index in [-0.39, 0.29) is 17.4 Å². The fourth-order valence-electron chi connectivity index (χ4n) is 3.74. The number of nitrogens with zero attached hydrogens (tertiary/aromatic N) is 2. The first-order chi connectivity index (χ1) is 14.9. The van der Waals surface area contributed by atoms with Crippen molar-refractivity contribution in [3.8, 4) is 0 Å². The molecule has 1 aromatic rings. The number of nitrogens with two attached hydrogens (primary N) is 2. The lowest BCUT2D eigenvalue weighted by atomic mass is 10.0. The second-order valence-electron chi connectivity index (χ2n) is 7.51. The van der Waals surface area contributed by atoms with Crippen molar-refractivity contribution in [3.05, 3.63) is 48.0 Å². The number of likely N-dealkylation sites (N-methyl/N-ethyl adjacent to an activating group) is 1. The Kier molecular flexibility index (Phi) is 9.20. The predicted octanol–water partition coefficient (Wildman–Crippen LogP) is 0.232. The van der Waals surface area contributed by atoms with E-state index in [9.17, 15) is 14.4 Å². The molecule has 2 rings (SSSR count). The maximum atomic E-state index is 13.2. The molecule has 0 bridgehead atoms. The number of aliphatic imine (C=N–C) groups is 1. The Balaban J connectivity index is 2.00. The number of benzene rings is 1. The molecular formula is C22H32N6O3. The molecule has 1 aliphatic rings. The lowest BCUT2D eigenvalue weighted by molar-refractivity contribution is -0.134. The van der Waals surface area contributed by atoms with Crippen molar-refractivity contribution in [3.63, 3.8) is 0 Å². The smallest absolute Gasteiger partial charge is 0.249 e. The molecule has 0 unspecified atom stereocenters. The first kappa shape index (κ1) is 24.1. The van der Waals surface area contributed by atoms with Gasteiger partial charge in [-0.3, -0.25) is 14.6 Å². The molecule has 1 aliphatic heterocycles. The number of guanidine groups is 1. The predicted molar refractivity (Wildman–Crippen MR) is 120 cm³/mol. The van der Waals surface area contributed by atoms with Crippen LogP contribution in [0.4, 0.5) is 0 Å². The van der Waals surface area contributed by atoms with Crippen LogP contribution in [0.25, 0.3) is 0 Å². The van der Waals surface area contributed by atoms with E-state index in [1.165, 1.54) is 0 Å². The van der Waals surface area contributed by atoms with Gasteiger partial charge in [0.15, 0.2) is 5.96 Å². The second-order valence-corrected chi connectivity index (χ2v) is 7.51. The van der Waals surface area contributed by atoms with E-state index in [0.29, 0.717) is 38.6 Å². The number of nitrogens with one attached hydrogen (secondary N) is 2. The van der Waals surface area contributed by atoms with E-state index in [1.807, 2.05) is 30.3 Å². The number of aldehydes is 1. The van der Waals surface area contributed by atoms with Crippen LogP contribution < -0.4 is 22.1 Å².